The highest BCUT2D eigenvalue weighted by atomic mass is 79.9. The molecule has 0 bridgehead atoms. The number of rotatable bonds is 2. The number of benzene rings is 1. The van der Waals surface area contributed by atoms with E-state index in [0.29, 0.717) is 0 Å². The Hall–Kier alpha value is -0.580. The van der Waals surface area contributed by atoms with Crippen molar-refractivity contribution in [1.82, 2.24) is 4.90 Å². The van der Waals surface area contributed by atoms with Crippen LogP contribution in [0, 0.1) is 0 Å². The molecule has 1 saturated heterocycles. The van der Waals surface area contributed by atoms with Gasteiger partial charge in [0, 0.05) is 42.2 Å². The number of halogens is 1. The summed E-state index contributed by atoms with van der Waals surface area (Å²) >= 11 is 3.69. The van der Waals surface area contributed by atoms with Crippen molar-refractivity contribution >= 4 is 21.6 Å². The minimum Gasteiger partial charge on any atom is -0.368 e. The van der Waals surface area contributed by atoms with E-state index in [2.05, 4.69) is 64.7 Å². The summed E-state index contributed by atoms with van der Waals surface area (Å²) in [4.78, 5) is 5.00. The summed E-state index contributed by atoms with van der Waals surface area (Å²) in [6, 6.07) is 6.56. The van der Waals surface area contributed by atoms with Crippen LogP contribution >= 0.6 is 15.9 Å². The van der Waals surface area contributed by atoms with E-state index < -0.39 is 0 Å². The summed E-state index contributed by atoms with van der Waals surface area (Å²) in [7, 11) is 0. The molecule has 0 saturated carbocycles. The maximum absolute atomic E-state index is 5.94. The molecule has 4 heteroatoms. The number of nitrogens with zero attached hydrogens (tertiary/aromatic N) is 2. The molecule has 0 spiro atoms. The molecule has 112 valence electrons. The zero-order valence-electron chi connectivity index (χ0n) is 13.0. The molecule has 1 aromatic rings. The van der Waals surface area contributed by atoms with Crippen molar-refractivity contribution < 1.29 is 0 Å². The minimum absolute atomic E-state index is 0.0816. The van der Waals surface area contributed by atoms with Crippen molar-refractivity contribution in [2.75, 3.05) is 31.1 Å². The summed E-state index contributed by atoms with van der Waals surface area (Å²) in [6.45, 7) is 13.3. The average molecular weight is 340 g/mol. The second kappa shape index (κ2) is 6.04. The van der Waals surface area contributed by atoms with E-state index in [0.717, 1.165) is 30.7 Å². The van der Waals surface area contributed by atoms with Crippen molar-refractivity contribution in [2.24, 2.45) is 5.73 Å². The minimum atomic E-state index is 0.0816. The third kappa shape index (κ3) is 3.54. The quantitative estimate of drug-likeness (QED) is 0.896. The predicted molar refractivity (Wildman–Crippen MR) is 90.3 cm³/mol. The lowest BCUT2D eigenvalue weighted by Gasteiger charge is -2.43. The Bertz CT molecular complexity index is 457. The van der Waals surface area contributed by atoms with E-state index in [9.17, 15) is 0 Å². The monoisotopic (exact) mass is 339 g/mol. The number of nitrogens with two attached hydrogens (primary N) is 1. The molecule has 0 amide bonds. The van der Waals surface area contributed by atoms with Gasteiger partial charge in [-0.3, -0.25) is 4.90 Å². The van der Waals surface area contributed by atoms with Gasteiger partial charge in [0.2, 0.25) is 0 Å². The van der Waals surface area contributed by atoms with Gasteiger partial charge in [0.1, 0.15) is 0 Å². The normalized spacial score (nSPS) is 19.2. The largest absolute Gasteiger partial charge is 0.368 e. The van der Waals surface area contributed by atoms with E-state index in [1.165, 1.54) is 11.3 Å². The van der Waals surface area contributed by atoms with Gasteiger partial charge in [-0.2, -0.15) is 0 Å². The highest BCUT2D eigenvalue weighted by Gasteiger charge is 2.26. The van der Waals surface area contributed by atoms with Crippen LogP contribution < -0.4 is 10.6 Å². The first-order valence-corrected chi connectivity index (χ1v) is 8.13. The number of hydrogen-bond donors (Lipinski definition) is 1. The second-order valence-corrected chi connectivity index (χ2v) is 7.50. The first kappa shape index (κ1) is 15.8. The molecule has 1 aliphatic heterocycles. The van der Waals surface area contributed by atoms with Crippen LogP contribution in [0.4, 0.5) is 5.69 Å². The Labute approximate surface area is 131 Å². The molecular weight excluding hydrogens is 314 g/mol. The Morgan fingerprint density at radius 3 is 2.20 bits per heavy atom. The number of piperazine rings is 1. The van der Waals surface area contributed by atoms with Crippen molar-refractivity contribution in [3.8, 4) is 0 Å². The molecule has 0 aromatic heterocycles. The zero-order chi connectivity index (χ0) is 14.9. The van der Waals surface area contributed by atoms with Gasteiger partial charge in [-0.05, 0) is 61.3 Å². The lowest BCUT2D eigenvalue weighted by molar-refractivity contribution is 0.128. The van der Waals surface area contributed by atoms with Crippen LogP contribution in [0.25, 0.3) is 0 Å². The summed E-state index contributed by atoms with van der Waals surface area (Å²) in [5.74, 6) is 0. The topological polar surface area (TPSA) is 32.5 Å². The Kier molecular flexibility index (Phi) is 4.77. The standard InChI is InChI=1S/C16H26BrN3/c1-12(18)13-5-6-15(14(17)11-13)19-7-9-20(10-8-19)16(2,3)4/h5-6,11-12H,7-10,18H2,1-4H3. The van der Waals surface area contributed by atoms with Gasteiger partial charge in [0.05, 0.1) is 5.69 Å². The van der Waals surface area contributed by atoms with Gasteiger partial charge in [-0.15, -0.1) is 0 Å². The fraction of sp³-hybridized carbons (Fsp3) is 0.625. The summed E-state index contributed by atoms with van der Waals surface area (Å²) in [6.07, 6.45) is 0. The van der Waals surface area contributed by atoms with Gasteiger partial charge in [-0.25, -0.2) is 0 Å². The average Bonchev–Trinajstić information content (AvgIpc) is 2.37. The summed E-state index contributed by atoms with van der Waals surface area (Å²) in [5.41, 5.74) is 8.66. The third-order valence-electron chi connectivity index (χ3n) is 4.07. The summed E-state index contributed by atoms with van der Waals surface area (Å²) < 4.78 is 1.15. The Morgan fingerprint density at radius 1 is 1.15 bits per heavy atom. The van der Waals surface area contributed by atoms with Crippen LogP contribution in [0.1, 0.15) is 39.3 Å². The SMILES string of the molecule is CC(N)c1ccc(N2CCN(C(C)(C)C)CC2)c(Br)c1. The molecule has 0 radical (unpaired) electrons. The van der Waals surface area contributed by atoms with Gasteiger partial charge >= 0.3 is 0 Å². The van der Waals surface area contributed by atoms with E-state index in [4.69, 9.17) is 5.73 Å². The first-order valence-electron chi connectivity index (χ1n) is 7.34. The van der Waals surface area contributed by atoms with Crippen LogP contribution in [0.15, 0.2) is 22.7 Å². The Morgan fingerprint density at radius 2 is 1.75 bits per heavy atom. The van der Waals surface area contributed by atoms with Crippen molar-refractivity contribution in [2.45, 2.75) is 39.3 Å². The molecule has 3 nitrogen and oxygen atoms in total. The molecule has 1 heterocycles. The lowest BCUT2D eigenvalue weighted by Crippen LogP contribution is -2.53. The lowest BCUT2D eigenvalue weighted by atomic mass is 10.0. The fourth-order valence-corrected chi connectivity index (χ4v) is 3.33. The summed E-state index contributed by atoms with van der Waals surface area (Å²) in [5, 5.41) is 0. The van der Waals surface area contributed by atoms with Crippen molar-refractivity contribution in [1.29, 1.82) is 0 Å². The predicted octanol–water partition coefficient (Wildman–Crippen LogP) is 3.39. The van der Waals surface area contributed by atoms with Crippen LogP contribution in [-0.2, 0) is 0 Å². The Balaban J connectivity index is 2.07. The van der Waals surface area contributed by atoms with E-state index in [1.807, 2.05) is 6.92 Å². The smallest absolute Gasteiger partial charge is 0.0511 e. The molecule has 1 atom stereocenters. The maximum atomic E-state index is 5.94. The second-order valence-electron chi connectivity index (χ2n) is 6.64. The van der Waals surface area contributed by atoms with Gasteiger partial charge in [0.25, 0.3) is 0 Å². The number of anilines is 1. The molecular formula is C16H26BrN3. The fourth-order valence-electron chi connectivity index (χ4n) is 2.68. The van der Waals surface area contributed by atoms with Gasteiger partial charge in [-0.1, -0.05) is 6.07 Å². The molecule has 1 fully saturated rings. The first-order chi connectivity index (χ1) is 9.29. The van der Waals surface area contributed by atoms with Crippen LogP contribution in [0.2, 0.25) is 0 Å². The molecule has 1 aromatic carbocycles. The van der Waals surface area contributed by atoms with E-state index in [-0.39, 0.29) is 11.6 Å². The van der Waals surface area contributed by atoms with Gasteiger partial charge in [0.15, 0.2) is 0 Å². The van der Waals surface area contributed by atoms with Crippen molar-refractivity contribution in [3.63, 3.8) is 0 Å². The molecule has 1 aliphatic rings. The molecule has 2 rings (SSSR count). The highest BCUT2D eigenvalue weighted by Crippen LogP contribution is 2.30. The van der Waals surface area contributed by atoms with E-state index >= 15 is 0 Å². The van der Waals surface area contributed by atoms with Crippen molar-refractivity contribution in [3.05, 3.63) is 28.2 Å². The molecule has 2 N–H and O–H groups in total. The molecule has 0 aliphatic carbocycles. The van der Waals surface area contributed by atoms with E-state index in [1.54, 1.807) is 0 Å². The molecule has 1 unspecified atom stereocenters. The van der Waals surface area contributed by atoms with Gasteiger partial charge < -0.3 is 10.6 Å². The van der Waals surface area contributed by atoms with Crippen LogP contribution in [-0.4, -0.2) is 36.6 Å². The molecule has 20 heavy (non-hydrogen) atoms. The van der Waals surface area contributed by atoms with Crippen LogP contribution in [0.3, 0.4) is 0 Å². The third-order valence-corrected chi connectivity index (χ3v) is 4.70. The highest BCUT2D eigenvalue weighted by molar-refractivity contribution is 9.10. The van der Waals surface area contributed by atoms with Crippen LogP contribution in [0.5, 0.6) is 0 Å². The zero-order valence-corrected chi connectivity index (χ0v) is 14.6. The number of hydrogen-bond acceptors (Lipinski definition) is 3. The maximum Gasteiger partial charge on any atom is 0.0511 e.